The van der Waals surface area contributed by atoms with Gasteiger partial charge >= 0.3 is 24.4 Å². The summed E-state index contributed by atoms with van der Waals surface area (Å²) in [4.78, 5) is 194. The summed E-state index contributed by atoms with van der Waals surface area (Å²) in [6, 6.07) is -3.52. The van der Waals surface area contributed by atoms with Crippen molar-refractivity contribution < 1.29 is 101 Å². The van der Waals surface area contributed by atoms with Crippen LogP contribution in [-0.2, 0) is 76.5 Å². The number of rotatable bonds is 8. The standard InChI is InChI=1S/4C13H18N2O5.H2O/c4*1-6-7(2)11(17)14-10(8(3)16)9(6)12(18)15-4-5-20-13(15)19;/h4*6-7,9-10H,4-5H2,1-3H3,(H,14,17);1H2/t4*6-,7+,9+,10-;/m1111./s1. The Kier molecular flexibility index (Phi) is 22.1. The highest BCUT2D eigenvalue weighted by Gasteiger charge is 2.52. The maximum atomic E-state index is 12.5. The molecule has 29 heteroatoms. The molecule has 0 aromatic carbocycles. The van der Waals surface area contributed by atoms with Crippen molar-refractivity contribution in [3.63, 3.8) is 0 Å². The Balaban J connectivity index is 0.000000231. The molecular formula is C52H74N8O21. The Labute approximate surface area is 466 Å². The van der Waals surface area contributed by atoms with Crippen molar-refractivity contribution in [2.75, 3.05) is 52.6 Å². The predicted molar refractivity (Wildman–Crippen MR) is 274 cm³/mol. The van der Waals surface area contributed by atoms with Gasteiger partial charge in [-0.25, -0.2) is 38.8 Å². The van der Waals surface area contributed by atoms with E-state index in [0.717, 1.165) is 19.6 Å². The molecule has 0 unspecified atom stereocenters. The molecule has 0 aromatic rings. The molecule has 8 heterocycles. The molecule has 0 bridgehead atoms. The van der Waals surface area contributed by atoms with Crippen LogP contribution < -0.4 is 21.3 Å². The number of cyclic esters (lactones) is 4. The van der Waals surface area contributed by atoms with Crippen LogP contribution in [0.1, 0.15) is 83.1 Å². The molecule has 81 heavy (non-hydrogen) atoms. The summed E-state index contributed by atoms with van der Waals surface area (Å²) in [7, 11) is 0. The second-order valence-electron chi connectivity index (χ2n) is 21.5. The Morgan fingerprint density at radius 3 is 0.617 bits per heavy atom. The lowest BCUT2D eigenvalue weighted by Gasteiger charge is -2.39. The quantitative estimate of drug-likeness (QED) is 0.210. The minimum absolute atomic E-state index is 0. The van der Waals surface area contributed by atoms with Crippen molar-refractivity contribution in [1.82, 2.24) is 40.9 Å². The van der Waals surface area contributed by atoms with E-state index in [9.17, 15) is 76.7 Å². The molecule has 6 N–H and O–H groups in total. The number of ether oxygens (including phenoxy) is 4. The highest BCUT2D eigenvalue weighted by Crippen LogP contribution is 2.35. The Bertz CT molecular complexity index is 2250. The smallest absolute Gasteiger partial charge is 0.416 e. The van der Waals surface area contributed by atoms with Crippen molar-refractivity contribution in [2.24, 2.45) is 71.0 Å². The lowest BCUT2D eigenvalue weighted by molar-refractivity contribution is -0.147. The average molecular weight is 1150 g/mol. The number of piperidine rings is 4. The number of carbonyl (C=O) groups excluding carboxylic acids is 16. The maximum Gasteiger partial charge on any atom is 0.416 e. The Morgan fingerprint density at radius 1 is 0.333 bits per heavy atom. The summed E-state index contributed by atoms with van der Waals surface area (Å²) in [6.07, 6.45) is -2.74. The first-order valence-corrected chi connectivity index (χ1v) is 26.5. The van der Waals surface area contributed by atoms with Gasteiger partial charge in [-0.05, 0) is 51.4 Å². The molecule has 8 aliphatic heterocycles. The van der Waals surface area contributed by atoms with E-state index in [1.807, 2.05) is 0 Å². The van der Waals surface area contributed by atoms with Gasteiger partial charge in [0.05, 0.1) is 74.0 Å². The minimum Gasteiger partial charge on any atom is -0.447 e. The van der Waals surface area contributed by atoms with Gasteiger partial charge in [0.15, 0.2) is 23.1 Å². The average Bonchev–Trinajstić information content (AvgIpc) is 4.24. The van der Waals surface area contributed by atoms with Crippen molar-refractivity contribution in [3.05, 3.63) is 0 Å². The fraction of sp³-hybridized carbons (Fsp3) is 0.692. The zero-order valence-corrected chi connectivity index (χ0v) is 47.3. The summed E-state index contributed by atoms with van der Waals surface area (Å²) in [5.74, 6) is -9.71. The number of Topliss-reactive ketones (excluding diaryl/α,β-unsaturated/α-hetero) is 4. The van der Waals surface area contributed by atoms with Crippen LogP contribution in [0.25, 0.3) is 0 Å². The number of imide groups is 4. The first kappa shape index (κ1) is 65.8. The largest absolute Gasteiger partial charge is 0.447 e. The third kappa shape index (κ3) is 13.9. The van der Waals surface area contributed by atoms with Crippen LogP contribution >= 0.6 is 0 Å². The second kappa shape index (κ2) is 27.2. The van der Waals surface area contributed by atoms with E-state index in [1.165, 1.54) is 27.7 Å². The number of hydrogen-bond acceptors (Lipinski definition) is 20. The third-order valence-electron chi connectivity index (χ3n) is 16.7. The highest BCUT2D eigenvalue weighted by molar-refractivity contribution is 6.04. The van der Waals surface area contributed by atoms with E-state index in [4.69, 9.17) is 18.9 Å². The van der Waals surface area contributed by atoms with E-state index in [0.29, 0.717) is 0 Å². The highest BCUT2D eigenvalue weighted by atomic mass is 16.6. The van der Waals surface area contributed by atoms with Gasteiger partial charge in [0.25, 0.3) is 0 Å². The predicted octanol–water partition coefficient (Wildman–Crippen LogP) is -1.06. The van der Waals surface area contributed by atoms with Crippen LogP contribution in [0.15, 0.2) is 0 Å². The molecule has 0 radical (unpaired) electrons. The van der Waals surface area contributed by atoms with E-state index in [-0.39, 0.29) is 129 Å². The van der Waals surface area contributed by atoms with Crippen LogP contribution in [-0.4, -0.2) is 197 Å². The lowest BCUT2D eigenvalue weighted by atomic mass is 9.74. The van der Waals surface area contributed by atoms with Crippen LogP contribution in [0.3, 0.4) is 0 Å². The van der Waals surface area contributed by atoms with Gasteiger partial charge in [-0.3, -0.25) is 57.5 Å². The topological polar surface area (TPSA) is 403 Å². The molecule has 8 rings (SSSR count). The third-order valence-corrected chi connectivity index (χ3v) is 16.7. The first-order chi connectivity index (χ1) is 37.4. The molecule has 16 atom stereocenters. The Morgan fingerprint density at radius 2 is 0.494 bits per heavy atom. The summed E-state index contributed by atoms with van der Waals surface area (Å²) in [5.41, 5.74) is 0. The number of amides is 12. The van der Waals surface area contributed by atoms with Crippen molar-refractivity contribution >= 4 is 94.8 Å². The van der Waals surface area contributed by atoms with Gasteiger partial charge in [-0.15, -0.1) is 0 Å². The van der Waals surface area contributed by atoms with Gasteiger partial charge in [0.1, 0.15) is 26.4 Å². The minimum atomic E-state index is -0.880. The fourth-order valence-corrected chi connectivity index (χ4v) is 10.9. The van der Waals surface area contributed by atoms with Gasteiger partial charge in [-0.2, -0.15) is 0 Å². The molecule has 0 spiro atoms. The molecule has 12 amide bonds. The zero-order chi connectivity index (χ0) is 60.1. The van der Waals surface area contributed by atoms with E-state index < -0.39 is 120 Å². The fourth-order valence-electron chi connectivity index (χ4n) is 10.9. The second-order valence-corrected chi connectivity index (χ2v) is 21.5. The molecule has 0 aromatic heterocycles. The molecule has 8 saturated heterocycles. The van der Waals surface area contributed by atoms with Gasteiger partial charge < -0.3 is 45.7 Å². The van der Waals surface area contributed by atoms with E-state index in [2.05, 4.69) is 21.3 Å². The summed E-state index contributed by atoms with van der Waals surface area (Å²) < 4.78 is 19.0. The molecule has 8 aliphatic rings. The van der Waals surface area contributed by atoms with Crippen LogP contribution in [0.5, 0.6) is 0 Å². The van der Waals surface area contributed by atoms with Gasteiger partial charge in [0, 0.05) is 23.7 Å². The number of nitrogens with one attached hydrogen (secondary N) is 4. The van der Waals surface area contributed by atoms with Crippen molar-refractivity contribution in [1.29, 1.82) is 0 Å². The molecule has 29 nitrogen and oxygen atoms in total. The molecule has 8 fully saturated rings. The van der Waals surface area contributed by atoms with Gasteiger partial charge in [0.2, 0.25) is 47.3 Å². The summed E-state index contributed by atoms with van der Waals surface area (Å²) in [5, 5.41) is 10.3. The Hall–Kier alpha value is -7.72. The van der Waals surface area contributed by atoms with Crippen molar-refractivity contribution in [2.45, 2.75) is 107 Å². The van der Waals surface area contributed by atoms with Crippen molar-refractivity contribution in [3.8, 4) is 0 Å². The molecule has 0 saturated carbocycles. The molecule has 0 aliphatic carbocycles. The van der Waals surface area contributed by atoms with E-state index in [1.54, 1.807) is 55.4 Å². The summed E-state index contributed by atoms with van der Waals surface area (Å²) in [6.45, 7) is 20.6. The monoisotopic (exact) mass is 1150 g/mol. The zero-order valence-electron chi connectivity index (χ0n) is 47.3. The normalized spacial score (nSPS) is 33.2. The number of hydrogen-bond donors (Lipinski definition) is 4. The summed E-state index contributed by atoms with van der Waals surface area (Å²) >= 11 is 0. The lowest BCUT2D eigenvalue weighted by Crippen LogP contribution is -2.60. The maximum absolute atomic E-state index is 12.5. The van der Waals surface area contributed by atoms with Gasteiger partial charge in [-0.1, -0.05) is 55.4 Å². The van der Waals surface area contributed by atoms with Crippen LogP contribution in [0, 0.1) is 71.0 Å². The van der Waals surface area contributed by atoms with Crippen LogP contribution in [0.2, 0.25) is 0 Å². The molecule has 448 valence electrons. The number of ketones is 4. The SMILES string of the molecule is CC(=O)[C@H]1NC(=O)[C@@H](C)[C@@H](C)[C@@H]1C(=O)N1CCOC1=O.CC(=O)[C@H]1NC(=O)[C@@H](C)[C@@H](C)[C@@H]1C(=O)N1CCOC1=O.CC(=O)[C@H]1NC(=O)[C@@H](C)[C@@H](C)[C@@H]1C(=O)N1CCOC1=O.CC(=O)[C@H]1NC(=O)[C@@H](C)[C@@H](C)[C@@H]1C(=O)N1CCOC1=O.O. The first-order valence-electron chi connectivity index (χ1n) is 26.5. The molecular weight excluding hydrogens is 1070 g/mol. The number of carbonyl (C=O) groups is 16. The number of nitrogens with zero attached hydrogens (tertiary/aromatic N) is 4. The van der Waals surface area contributed by atoms with E-state index >= 15 is 0 Å². The van der Waals surface area contributed by atoms with Crippen LogP contribution in [0.4, 0.5) is 19.2 Å².